The predicted octanol–water partition coefficient (Wildman–Crippen LogP) is 3.26. The van der Waals surface area contributed by atoms with Crippen LogP contribution in [0.1, 0.15) is 36.7 Å². The van der Waals surface area contributed by atoms with Crippen LogP contribution in [0.25, 0.3) is 0 Å². The lowest BCUT2D eigenvalue weighted by atomic mass is 10.0. The summed E-state index contributed by atoms with van der Waals surface area (Å²) in [6.07, 6.45) is 1.02. The summed E-state index contributed by atoms with van der Waals surface area (Å²) in [4.78, 5) is 14.8. The number of ketones is 1. The number of rotatable bonds is 4. The Balaban J connectivity index is 2.05. The first-order valence-corrected chi connectivity index (χ1v) is 8.15. The van der Waals surface area contributed by atoms with Crippen LogP contribution in [0, 0.1) is 0 Å². The first-order chi connectivity index (χ1) is 9.11. The maximum atomic E-state index is 12.5. The maximum absolute atomic E-state index is 12.5. The van der Waals surface area contributed by atoms with Crippen molar-refractivity contribution in [2.75, 3.05) is 18.8 Å². The molecule has 2 rings (SSSR count). The zero-order valence-corrected chi connectivity index (χ0v) is 12.9. The van der Waals surface area contributed by atoms with Crippen molar-refractivity contribution < 1.29 is 4.79 Å². The molecule has 0 aliphatic carbocycles. The van der Waals surface area contributed by atoms with E-state index in [0.29, 0.717) is 5.25 Å². The molecule has 0 bridgehead atoms. The van der Waals surface area contributed by atoms with E-state index in [2.05, 4.69) is 30.9 Å². The van der Waals surface area contributed by atoms with Crippen molar-refractivity contribution in [1.82, 2.24) is 4.90 Å². The molecule has 0 saturated carbocycles. The van der Waals surface area contributed by atoms with Crippen LogP contribution < -0.4 is 0 Å². The first-order valence-electron chi connectivity index (χ1n) is 7.10. The van der Waals surface area contributed by atoms with Gasteiger partial charge < -0.3 is 0 Å². The molecule has 19 heavy (non-hydrogen) atoms. The molecule has 1 aromatic rings. The number of hydrogen-bond donors (Lipinski definition) is 0. The third-order valence-corrected chi connectivity index (χ3v) is 4.98. The third-order valence-electron chi connectivity index (χ3n) is 3.85. The van der Waals surface area contributed by atoms with Crippen LogP contribution >= 0.6 is 11.8 Å². The second-order valence-corrected chi connectivity index (χ2v) is 6.81. The molecule has 1 fully saturated rings. The van der Waals surface area contributed by atoms with E-state index in [1.807, 2.05) is 30.8 Å². The highest BCUT2D eigenvalue weighted by atomic mass is 32.2. The standard InChI is InChI=1S/C16H23NOS/c1-4-14-5-7-15(8-6-14)16(18)13(3)17-9-10-19-12(2)11-17/h5-8,12-13H,4,9-11H2,1-3H3. The second kappa shape index (κ2) is 6.58. The molecule has 0 radical (unpaired) electrons. The highest BCUT2D eigenvalue weighted by Gasteiger charge is 2.26. The van der Waals surface area contributed by atoms with Gasteiger partial charge in [-0.2, -0.15) is 11.8 Å². The average molecular weight is 277 g/mol. The van der Waals surface area contributed by atoms with Crippen LogP contribution in [0.4, 0.5) is 0 Å². The van der Waals surface area contributed by atoms with Gasteiger partial charge in [-0.25, -0.2) is 0 Å². The Morgan fingerprint density at radius 2 is 2.11 bits per heavy atom. The molecule has 2 atom stereocenters. The first kappa shape index (κ1) is 14.6. The van der Waals surface area contributed by atoms with Gasteiger partial charge >= 0.3 is 0 Å². The number of thioether (sulfide) groups is 1. The molecular weight excluding hydrogens is 254 g/mol. The quantitative estimate of drug-likeness (QED) is 0.788. The van der Waals surface area contributed by atoms with Gasteiger partial charge in [0.05, 0.1) is 6.04 Å². The molecule has 0 spiro atoms. The minimum atomic E-state index is -0.00386. The Bertz CT molecular complexity index is 429. The van der Waals surface area contributed by atoms with E-state index in [-0.39, 0.29) is 11.8 Å². The molecule has 104 valence electrons. The summed E-state index contributed by atoms with van der Waals surface area (Å²) in [5, 5.41) is 0.631. The number of aryl methyl sites for hydroxylation is 1. The van der Waals surface area contributed by atoms with E-state index in [4.69, 9.17) is 0 Å². The third kappa shape index (κ3) is 3.61. The lowest BCUT2D eigenvalue weighted by Crippen LogP contribution is -2.46. The summed E-state index contributed by atoms with van der Waals surface area (Å²) >= 11 is 2.00. The van der Waals surface area contributed by atoms with Crippen molar-refractivity contribution in [2.45, 2.75) is 38.5 Å². The summed E-state index contributed by atoms with van der Waals surface area (Å²) in [6, 6.07) is 8.07. The van der Waals surface area contributed by atoms with Gasteiger partial charge in [0.25, 0.3) is 0 Å². The number of carbonyl (C=O) groups excluding carboxylic acids is 1. The van der Waals surface area contributed by atoms with Gasteiger partial charge in [-0.15, -0.1) is 0 Å². The summed E-state index contributed by atoms with van der Waals surface area (Å²) in [7, 11) is 0. The Labute approximate surface area is 120 Å². The van der Waals surface area contributed by atoms with E-state index in [0.717, 1.165) is 30.8 Å². The second-order valence-electron chi connectivity index (χ2n) is 5.27. The molecule has 2 nitrogen and oxygen atoms in total. The summed E-state index contributed by atoms with van der Waals surface area (Å²) in [5.74, 6) is 1.38. The predicted molar refractivity (Wildman–Crippen MR) is 83.1 cm³/mol. The number of nitrogens with zero attached hydrogens (tertiary/aromatic N) is 1. The summed E-state index contributed by atoms with van der Waals surface area (Å²) in [6.45, 7) is 8.45. The molecule has 1 saturated heterocycles. The minimum absolute atomic E-state index is 0.00386. The molecular formula is C16H23NOS. The van der Waals surface area contributed by atoms with E-state index in [9.17, 15) is 4.79 Å². The van der Waals surface area contributed by atoms with Crippen LogP contribution in [0.5, 0.6) is 0 Å². The van der Waals surface area contributed by atoms with Crippen LogP contribution in [0.15, 0.2) is 24.3 Å². The Kier molecular flexibility index (Phi) is 5.06. The van der Waals surface area contributed by atoms with Gasteiger partial charge in [0, 0.05) is 29.7 Å². The van der Waals surface area contributed by atoms with Crippen molar-refractivity contribution in [1.29, 1.82) is 0 Å². The van der Waals surface area contributed by atoms with Crippen LogP contribution in [0.3, 0.4) is 0 Å². The number of hydrogen-bond acceptors (Lipinski definition) is 3. The van der Waals surface area contributed by atoms with Gasteiger partial charge in [0.2, 0.25) is 0 Å². The highest BCUT2D eigenvalue weighted by molar-refractivity contribution is 7.99. The van der Waals surface area contributed by atoms with Gasteiger partial charge in [-0.1, -0.05) is 38.1 Å². The molecule has 2 unspecified atom stereocenters. The van der Waals surface area contributed by atoms with E-state index in [1.54, 1.807) is 0 Å². The Hall–Kier alpha value is -0.800. The molecule has 1 heterocycles. The van der Waals surface area contributed by atoms with Crippen molar-refractivity contribution >= 4 is 17.5 Å². The van der Waals surface area contributed by atoms with Crippen molar-refractivity contribution in [3.8, 4) is 0 Å². The summed E-state index contributed by atoms with van der Waals surface area (Å²) < 4.78 is 0. The lowest BCUT2D eigenvalue weighted by molar-refractivity contribution is 0.0844. The average Bonchev–Trinajstić information content (AvgIpc) is 2.46. The van der Waals surface area contributed by atoms with Crippen LogP contribution in [-0.2, 0) is 6.42 Å². The van der Waals surface area contributed by atoms with Gasteiger partial charge in [0.1, 0.15) is 0 Å². The van der Waals surface area contributed by atoms with Crippen LogP contribution in [-0.4, -0.2) is 40.8 Å². The number of carbonyl (C=O) groups is 1. The maximum Gasteiger partial charge on any atom is 0.179 e. The van der Waals surface area contributed by atoms with Gasteiger partial charge in [0.15, 0.2) is 5.78 Å². The largest absolute Gasteiger partial charge is 0.292 e. The summed E-state index contributed by atoms with van der Waals surface area (Å²) in [5.41, 5.74) is 2.13. The molecule has 3 heteroatoms. The smallest absolute Gasteiger partial charge is 0.179 e. The van der Waals surface area contributed by atoms with E-state index >= 15 is 0 Å². The zero-order valence-electron chi connectivity index (χ0n) is 12.1. The van der Waals surface area contributed by atoms with Crippen molar-refractivity contribution in [3.05, 3.63) is 35.4 Å². The fraction of sp³-hybridized carbons (Fsp3) is 0.562. The minimum Gasteiger partial charge on any atom is -0.292 e. The fourth-order valence-corrected chi connectivity index (χ4v) is 3.55. The molecule has 1 aliphatic heterocycles. The Morgan fingerprint density at radius 1 is 1.42 bits per heavy atom. The lowest BCUT2D eigenvalue weighted by Gasteiger charge is -2.34. The van der Waals surface area contributed by atoms with E-state index in [1.165, 1.54) is 5.56 Å². The molecule has 1 aromatic carbocycles. The molecule has 0 N–H and O–H groups in total. The SMILES string of the molecule is CCc1ccc(C(=O)C(C)N2CCSC(C)C2)cc1. The van der Waals surface area contributed by atoms with Crippen LogP contribution in [0.2, 0.25) is 0 Å². The van der Waals surface area contributed by atoms with E-state index < -0.39 is 0 Å². The molecule has 1 aliphatic rings. The fourth-order valence-electron chi connectivity index (χ4n) is 2.51. The Morgan fingerprint density at radius 3 is 2.68 bits per heavy atom. The topological polar surface area (TPSA) is 20.3 Å². The van der Waals surface area contributed by atoms with Crippen molar-refractivity contribution in [2.24, 2.45) is 0 Å². The normalized spacial score (nSPS) is 22.2. The molecule has 0 amide bonds. The molecule has 0 aromatic heterocycles. The van der Waals surface area contributed by atoms with Gasteiger partial charge in [-0.05, 0) is 18.9 Å². The number of benzene rings is 1. The number of Topliss-reactive ketones (excluding diaryl/α,β-unsaturated/α-hetero) is 1. The zero-order chi connectivity index (χ0) is 13.8. The highest BCUT2D eigenvalue weighted by Crippen LogP contribution is 2.21. The van der Waals surface area contributed by atoms with Crippen molar-refractivity contribution in [3.63, 3.8) is 0 Å². The monoisotopic (exact) mass is 277 g/mol. The van der Waals surface area contributed by atoms with Gasteiger partial charge in [-0.3, -0.25) is 9.69 Å².